The summed E-state index contributed by atoms with van der Waals surface area (Å²) >= 11 is 0. The lowest BCUT2D eigenvalue weighted by atomic mass is 10.2. The van der Waals surface area contributed by atoms with Crippen LogP contribution in [0.5, 0.6) is 11.5 Å². The molecular formula is C14H17NO5. The molecule has 0 aromatic heterocycles. The maximum absolute atomic E-state index is 11.9. The molecule has 1 aromatic rings. The summed E-state index contributed by atoms with van der Waals surface area (Å²) in [5.41, 5.74) is -0.0786. The molecular weight excluding hydrogens is 262 g/mol. The second-order valence-electron chi connectivity index (χ2n) is 4.69. The van der Waals surface area contributed by atoms with Crippen LogP contribution >= 0.6 is 0 Å². The number of rotatable bonds is 5. The van der Waals surface area contributed by atoms with E-state index in [9.17, 15) is 14.7 Å². The molecule has 1 fully saturated rings. The normalized spacial score (nSPS) is 13.8. The van der Waals surface area contributed by atoms with Crippen LogP contribution in [0.15, 0.2) is 18.2 Å². The van der Waals surface area contributed by atoms with E-state index in [0.717, 1.165) is 18.9 Å². The van der Waals surface area contributed by atoms with Gasteiger partial charge in [-0.3, -0.25) is 4.79 Å². The molecule has 1 aliphatic rings. The van der Waals surface area contributed by atoms with Crippen LogP contribution in [-0.2, 0) is 9.53 Å². The van der Waals surface area contributed by atoms with E-state index in [-0.39, 0.29) is 35.6 Å². The van der Waals surface area contributed by atoms with Gasteiger partial charge in [-0.25, -0.2) is 4.79 Å². The van der Waals surface area contributed by atoms with Crippen LogP contribution in [0.4, 0.5) is 0 Å². The number of benzene rings is 1. The van der Waals surface area contributed by atoms with E-state index in [1.54, 1.807) is 4.90 Å². The largest absolute Gasteiger partial charge is 0.508 e. The fourth-order valence-electron chi connectivity index (χ4n) is 2.00. The average Bonchev–Trinajstić information content (AvgIpc) is 3.21. The lowest BCUT2D eigenvalue weighted by Crippen LogP contribution is -2.36. The minimum absolute atomic E-state index is 0.0786. The summed E-state index contributed by atoms with van der Waals surface area (Å²) in [4.78, 5) is 25.3. The van der Waals surface area contributed by atoms with Gasteiger partial charge in [0.1, 0.15) is 17.1 Å². The van der Waals surface area contributed by atoms with Crippen LogP contribution in [0.1, 0.15) is 30.1 Å². The fraction of sp³-hybridized carbons (Fsp3) is 0.429. The van der Waals surface area contributed by atoms with Crippen molar-refractivity contribution in [2.45, 2.75) is 25.8 Å². The van der Waals surface area contributed by atoms with E-state index in [1.807, 2.05) is 6.92 Å². The van der Waals surface area contributed by atoms with Gasteiger partial charge in [0.25, 0.3) is 5.91 Å². The number of ether oxygens (including phenoxy) is 1. The van der Waals surface area contributed by atoms with Crippen molar-refractivity contribution in [3.8, 4) is 11.5 Å². The van der Waals surface area contributed by atoms with Gasteiger partial charge in [0.15, 0.2) is 6.61 Å². The zero-order valence-corrected chi connectivity index (χ0v) is 11.2. The number of nitrogens with zero attached hydrogens (tertiary/aromatic N) is 1. The number of carbonyl (C=O) groups is 2. The Hall–Kier alpha value is -2.24. The second kappa shape index (κ2) is 5.81. The number of aromatic hydroxyl groups is 2. The summed E-state index contributed by atoms with van der Waals surface area (Å²) in [6, 6.07) is 3.82. The molecule has 1 saturated carbocycles. The predicted octanol–water partition coefficient (Wildman–Crippen LogP) is 1.27. The molecule has 0 spiro atoms. The van der Waals surface area contributed by atoms with Crippen molar-refractivity contribution in [2.75, 3.05) is 13.2 Å². The van der Waals surface area contributed by atoms with Crippen LogP contribution in [0.3, 0.4) is 0 Å². The van der Waals surface area contributed by atoms with Crippen molar-refractivity contribution < 1.29 is 24.5 Å². The Morgan fingerprint density at radius 2 is 2.05 bits per heavy atom. The SMILES string of the molecule is CCN(C(=O)COC(=O)c1ccc(O)cc1O)C1CC1. The van der Waals surface area contributed by atoms with Crippen LogP contribution in [0, 0.1) is 0 Å². The summed E-state index contributed by atoms with van der Waals surface area (Å²) in [6.45, 7) is 2.12. The zero-order valence-electron chi connectivity index (χ0n) is 11.2. The smallest absolute Gasteiger partial charge is 0.342 e. The lowest BCUT2D eigenvalue weighted by molar-refractivity contribution is -0.134. The first kappa shape index (κ1) is 14.2. The van der Waals surface area contributed by atoms with Gasteiger partial charge in [-0.15, -0.1) is 0 Å². The van der Waals surface area contributed by atoms with Crippen LogP contribution in [0.25, 0.3) is 0 Å². The molecule has 0 saturated heterocycles. The Morgan fingerprint density at radius 1 is 1.35 bits per heavy atom. The van der Waals surface area contributed by atoms with Gasteiger partial charge >= 0.3 is 5.97 Å². The monoisotopic (exact) mass is 279 g/mol. The van der Waals surface area contributed by atoms with Gasteiger partial charge < -0.3 is 19.8 Å². The van der Waals surface area contributed by atoms with Crippen molar-refractivity contribution >= 4 is 11.9 Å². The second-order valence-corrected chi connectivity index (χ2v) is 4.69. The molecule has 1 aromatic carbocycles. The highest BCUT2D eigenvalue weighted by Gasteiger charge is 2.31. The maximum atomic E-state index is 11.9. The molecule has 0 unspecified atom stereocenters. The minimum atomic E-state index is -0.789. The van der Waals surface area contributed by atoms with Gasteiger partial charge in [0.2, 0.25) is 0 Å². The molecule has 6 nitrogen and oxygen atoms in total. The summed E-state index contributed by atoms with van der Waals surface area (Å²) in [5.74, 6) is -1.55. The maximum Gasteiger partial charge on any atom is 0.342 e. The number of likely N-dealkylation sites (N-methyl/N-ethyl adjacent to an activating group) is 1. The molecule has 0 radical (unpaired) electrons. The first-order valence-corrected chi connectivity index (χ1v) is 6.51. The first-order valence-electron chi connectivity index (χ1n) is 6.51. The minimum Gasteiger partial charge on any atom is -0.508 e. The molecule has 0 heterocycles. The number of phenols is 2. The number of esters is 1. The highest BCUT2D eigenvalue weighted by molar-refractivity contribution is 5.94. The third-order valence-corrected chi connectivity index (χ3v) is 3.18. The Balaban J connectivity index is 1.92. The standard InChI is InChI=1S/C14H17NO5/c1-2-15(9-3-4-9)13(18)8-20-14(19)11-6-5-10(16)7-12(11)17/h5-7,9,16-17H,2-4,8H2,1H3. The number of phenolic OH excluding ortho intramolecular Hbond substituents is 2. The van der Waals surface area contributed by atoms with Gasteiger partial charge in [-0.2, -0.15) is 0 Å². The third-order valence-electron chi connectivity index (χ3n) is 3.18. The molecule has 0 atom stereocenters. The quantitative estimate of drug-likeness (QED) is 0.792. The Labute approximate surface area is 116 Å². The molecule has 2 rings (SSSR count). The Morgan fingerprint density at radius 3 is 2.60 bits per heavy atom. The molecule has 0 bridgehead atoms. The van der Waals surface area contributed by atoms with E-state index < -0.39 is 5.97 Å². The van der Waals surface area contributed by atoms with Crippen molar-refractivity contribution in [3.05, 3.63) is 23.8 Å². The topological polar surface area (TPSA) is 87.1 Å². The average molecular weight is 279 g/mol. The predicted molar refractivity (Wildman–Crippen MR) is 70.5 cm³/mol. The van der Waals surface area contributed by atoms with Gasteiger partial charge in [0.05, 0.1) is 0 Å². The number of hydrogen-bond acceptors (Lipinski definition) is 5. The highest BCUT2D eigenvalue weighted by Crippen LogP contribution is 2.27. The number of hydrogen-bond donors (Lipinski definition) is 2. The zero-order chi connectivity index (χ0) is 14.7. The van der Waals surface area contributed by atoms with E-state index in [4.69, 9.17) is 9.84 Å². The fourth-order valence-corrected chi connectivity index (χ4v) is 2.00. The molecule has 2 N–H and O–H groups in total. The Kier molecular flexibility index (Phi) is 4.12. The van der Waals surface area contributed by atoms with Crippen LogP contribution < -0.4 is 0 Å². The molecule has 1 aliphatic carbocycles. The van der Waals surface area contributed by atoms with Crippen molar-refractivity contribution in [2.24, 2.45) is 0 Å². The lowest BCUT2D eigenvalue weighted by Gasteiger charge is -2.20. The van der Waals surface area contributed by atoms with Crippen molar-refractivity contribution in [1.82, 2.24) is 4.90 Å². The molecule has 6 heteroatoms. The molecule has 1 amide bonds. The summed E-state index contributed by atoms with van der Waals surface area (Å²) in [7, 11) is 0. The van der Waals surface area contributed by atoms with Gasteiger partial charge in [0, 0.05) is 18.7 Å². The Bertz CT molecular complexity index is 524. The number of amides is 1. The van der Waals surface area contributed by atoms with Gasteiger partial charge in [-0.1, -0.05) is 0 Å². The molecule has 20 heavy (non-hydrogen) atoms. The first-order chi connectivity index (χ1) is 9.52. The van der Waals surface area contributed by atoms with Crippen molar-refractivity contribution in [1.29, 1.82) is 0 Å². The molecule has 0 aliphatic heterocycles. The van der Waals surface area contributed by atoms with E-state index >= 15 is 0 Å². The number of carbonyl (C=O) groups excluding carboxylic acids is 2. The van der Waals surface area contributed by atoms with Crippen LogP contribution in [-0.4, -0.2) is 46.2 Å². The van der Waals surface area contributed by atoms with E-state index in [2.05, 4.69) is 0 Å². The highest BCUT2D eigenvalue weighted by atomic mass is 16.5. The third kappa shape index (κ3) is 3.20. The van der Waals surface area contributed by atoms with E-state index in [0.29, 0.717) is 6.54 Å². The van der Waals surface area contributed by atoms with Crippen molar-refractivity contribution in [3.63, 3.8) is 0 Å². The summed E-state index contributed by atoms with van der Waals surface area (Å²) < 4.78 is 4.90. The van der Waals surface area contributed by atoms with Crippen LogP contribution in [0.2, 0.25) is 0 Å². The van der Waals surface area contributed by atoms with E-state index in [1.165, 1.54) is 12.1 Å². The van der Waals surface area contributed by atoms with Gasteiger partial charge in [-0.05, 0) is 31.9 Å². The summed E-state index contributed by atoms with van der Waals surface area (Å²) in [5, 5.41) is 18.7. The molecule has 108 valence electrons. The summed E-state index contributed by atoms with van der Waals surface area (Å²) in [6.07, 6.45) is 1.98.